The van der Waals surface area contributed by atoms with Crippen LogP contribution in [0.15, 0.2) is 48.5 Å². The molecule has 3 rings (SSSR count). The standard InChI is InChI=1S/C14H11FN4S/c15-10-3-7-12(8-4-10)19-13(17-18-14(19)20)9-1-5-11(16)6-2-9/h1-8H,16H2,(H,18,20). The highest BCUT2D eigenvalue weighted by atomic mass is 32.1. The van der Waals surface area contributed by atoms with Crippen LogP contribution in [0.4, 0.5) is 10.1 Å². The fourth-order valence-corrected chi connectivity index (χ4v) is 2.19. The van der Waals surface area contributed by atoms with Crippen LogP contribution in [0.2, 0.25) is 0 Å². The topological polar surface area (TPSA) is 59.6 Å². The molecule has 0 spiro atoms. The highest BCUT2D eigenvalue weighted by Gasteiger charge is 2.10. The lowest BCUT2D eigenvalue weighted by molar-refractivity contribution is 0.627. The molecule has 0 fully saturated rings. The molecule has 0 aliphatic rings. The summed E-state index contributed by atoms with van der Waals surface area (Å²) < 4.78 is 15.2. The van der Waals surface area contributed by atoms with E-state index >= 15 is 0 Å². The summed E-state index contributed by atoms with van der Waals surface area (Å²) in [7, 11) is 0. The van der Waals surface area contributed by atoms with E-state index in [1.807, 2.05) is 12.1 Å². The molecule has 4 nitrogen and oxygen atoms in total. The van der Waals surface area contributed by atoms with Gasteiger partial charge in [0.25, 0.3) is 0 Å². The molecule has 0 saturated carbocycles. The number of nitrogens with one attached hydrogen (secondary N) is 1. The molecule has 0 atom stereocenters. The van der Waals surface area contributed by atoms with E-state index in [9.17, 15) is 4.39 Å². The Morgan fingerprint density at radius 1 is 1.05 bits per heavy atom. The molecule has 0 amide bonds. The average molecular weight is 286 g/mol. The van der Waals surface area contributed by atoms with Crippen molar-refractivity contribution in [3.8, 4) is 17.1 Å². The SMILES string of the molecule is Nc1ccc(-c2n[nH]c(=S)n2-c2ccc(F)cc2)cc1. The normalized spacial score (nSPS) is 10.7. The monoisotopic (exact) mass is 286 g/mol. The second-order valence-corrected chi connectivity index (χ2v) is 4.67. The smallest absolute Gasteiger partial charge is 0.200 e. The van der Waals surface area contributed by atoms with Gasteiger partial charge < -0.3 is 5.73 Å². The minimum Gasteiger partial charge on any atom is -0.399 e. The number of rotatable bonds is 2. The van der Waals surface area contributed by atoms with E-state index in [4.69, 9.17) is 18.0 Å². The van der Waals surface area contributed by atoms with Gasteiger partial charge in [-0.05, 0) is 60.7 Å². The van der Waals surface area contributed by atoms with Crippen LogP contribution in [0.3, 0.4) is 0 Å². The van der Waals surface area contributed by atoms with E-state index in [0.717, 1.165) is 11.3 Å². The molecule has 0 saturated heterocycles. The highest BCUT2D eigenvalue weighted by Crippen LogP contribution is 2.22. The Balaban J connectivity index is 2.17. The van der Waals surface area contributed by atoms with E-state index in [1.54, 1.807) is 28.8 Å². The second kappa shape index (κ2) is 4.90. The Kier molecular flexibility index (Phi) is 3.08. The van der Waals surface area contributed by atoms with Gasteiger partial charge in [0.05, 0.1) is 5.69 Å². The van der Waals surface area contributed by atoms with Gasteiger partial charge in [-0.2, -0.15) is 5.10 Å². The summed E-state index contributed by atoms with van der Waals surface area (Å²) in [5.41, 5.74) is 7.97. The molecular weight excluding hydrogens is 275 g/mol. The van der Waals surface area contributed by atoms with Gasteiger partial charge in [0.2, 0.25) is 0 Å². The molecule has 100 valence electrons. The maximum absolute atomic E-state index is 13.0. The van der Waals surface area contributed by atoms with Crippen LogP contribution in [0.1, 0.15) is 0 Å². The fourth-order valence-electron chi connectivity index (χ4n) is 1.95. The van der Waals surface area contributed by atoms with Crippen LogP contribution in [-0.4, -0.2) is 14.8 Å². The van der Waals surface area contributed by atoms with Crippen LogP contribution in [0.5, 0.6) is 0 Å². The quantitative estimate of drug-likeness (QED) is 0.561. The van der Waals surface area contributed by atoms with Gasteiger partial charge in [-0.3, -0.25) is 9.67 Å². The van der Waals surface area contributed by atoms with Gasteiger partial charge in [-0.25, -0.2) is 4.39 Å². The number of H-pyrrole nitrogens is 1. The Morgan fingerprint density at radius 3 is 2.35 bits per heavy atom. The van der Waals surface area contributed by atoms with Crippen LogP contribution in [0.25, 0.3) is 17.1 Å². The summed E-state index contributed by atoms with van der Waals surface area (Å²) in [6, 6.07) is 13.4. The fraction of sp³-hybridized carbons (Fsp3) is 0. The Labute approximate surface area is 119 Å². The number of hydrogen-bond acceptors (Lipinski definition) is 3. The predicted molar refractivity (Wildman–Crippen MR) is 78.6 cm³/mol. The van der Waals surface area contributed by atoms with Crippen molar-refractivity contribution in [2.75, 3.05) is 5.73 Å². The summed E-state index contributed by atoms with van der Waals surface area (Å²) in [6.07, 6.45) is 0. The van der Waals surface area contributed by atoms with Crippen molar-refractivity contribution < 1.29 is 4.39 Å². The van der Waals surface area contributed by atoms with Gasteiger partial charge in [0, 0.05) is 11.3 Å². The lowest BCUT2D eigenvalue weighted by Crippen LogP contribution is -1.98. The van der Waals surface area contributed by atoms with Crippen LogP contribution in [0, 0.1) is 10.6 Å². The highest BCUT2D eigenvalue weighted by molar-refractivity contribution is 7.71. The average Bonchev–Trinajstić information content (AvgIpc) is 2.83. The first-order chi connectivity index (χ1) is 9.65. The first-order valence-corrected chi connectivity index (χ1v) is 6.35. The molecule has 3 aromatic rings. The molecule has 0 aliphatic carbocycles. The maximum Gasteiger partial charge on any atom is 0.200 e. The minimum atomic E-state index is -0.294. The zero-order valence-electron chi connectivity index (χ0n) is 10.4. The third kappa shape index (κ3) is 2.21. The summed E-state index contributed by atoms with van der Waals surface area (Å²) >= 11 is 5.24. The molecule has 0 bridgehead atoms. The van der Waals surface area contributed by atoms with Crippen molar-refractivity contribution >= 4 is 17.9 Å². The summed E-state index contributed by atoms with van der Waals surface area (Å²) in [5, 5.41) is 6.98. The number of benzene rings is 2. The van der Waals surface area contributed by atoms with Crippen molar-refractivity contribution in [2.45, 2.75) is 0 Å². The Morgan fingerprint density at radius 2 is 1.70 bits per heavy atom. The van der Waals surface area contributed by atoms with E-state index in [1.165, 1.54) is 12.1 Å². The third-order valence-electron chi connectivity index (χ3n) is 2.93. The number of nitrogen functional groups attached to an aromatic ring is 1. The van der Waals surface area contributed by atoms with Gasteiger partial charge >= 0.3 is 0 Å². The molecule has 6 heteroatoms. The lowest BCUT2D eigenvalue weighted by Gasteiger charge is -2.07. The predicted octanol–water partition coefficient (Wildman–Crippen LogP) is 3.32. The van der Waals surface area contributed by atoms with Crippen molar-refractivity contribution in [2.24, 2.45) is 0 Å². The number of hydrogen-bond donors (Lipinski definition) is 2. The van der Waals surface area contributed by atoms with Crippen LogP contribution in [-0.2, 0) is 0 Å². The minimum absolute atomic E-state index is 0.294. The first-order valence-electron chi connectivity index (χ1n) is 5.94. The molecule has 0 radical (unpaired) electrons. The van der Waals surface area contributed by atoms with Crippen LogP contribution < -0.4 is 5.73 Å². The number of halogens is 1. The van der Waals surface area contributed by atoms with Gasteiger partial charge in [-0.1, -0.05) is 0 Å². The molecule has 1 aromatic heterocycles. The van der Waals surface area contributed by atoms with Crippen LogP contribution >= 0.6 is 12.2 Å². The van der Waals surface area contributed by atoms with Crippen molar-refractivity contribution in [1.29, 1.82) is 0 Å². The van der Waals surface area contributed by atoms with E-state index in [2.05, 4.69) is 10.2 Å². The second-order valence-electron chi connectivity index (χ2n) is 4.29. The number of aromatic nitrogens is 3. The maximum atomic E-state index is 13.0. The molecule has 20 heavy (non-hydrogen) atoms. The number of aromatic amines is 1. The van der Waals surface area contributed by atoms with E-state index in [-0.39, 0.29) is 5.82 Å². The molecule has 1 heterocycles. The Hall–Kier alpha value is -2.47. The van der Waals surface area contributed by atoms with Gasteiger partial charge in [0.15, 0.2) is 10.6 Å². The Bertz CT molecular complexity index is 787. The number of nitrogens with two attached hydrogens (primary N) is 1. The van der Waals surface area contributed by atoms with Crippen molar-refractivity contribution in [3.63, 3.8) is 0 Å². The van der Waals surface area contributed by atoms with Crippen molar-refractivity contribution in [1.82, 2.24) is 14.8 Å². The first kappa shape index (κ1) is 12.6. The molecular formula is C14H11FN4S. The van der Waals surface area contributed by atoms with E-state index < -0.39 is 0 Å². The largest absolute Gasteiger partial charge is 0.399 e. The summed E-state index contributed by atoms with van der Waals surface area (Å²) in [4.78, 5) is 0. The zero-order valence-corrected chi connectivity index (χ0v) is 11.2. The summed E-state index contributed by atoms with van der Waals surface area (Å²) in [5.74, 6) is 0.361. The lowest BCUT2D eigenvalue weighted by atomic mass is 10.2. The third-order valence-corrected chi connectivity index (χ3v) is 3.20. The van der Waals surface area contributed by atoms with E-state index in [0.29, 0.717) is 16.3 Å². The van der Waals surface area contributed by atoms with Gasteiger partial charge in [-0.15, -0.1) is 0 Å². The molecule has 2 aromatic carbocycles. The summed E-state index contributed by atoms with van der Waals surface area (Å²) in [6.45, 7) is 0. The number of nitrogens with zero attached hydrogens (tertiary/aromatic N) is 2. The molecule has 0 aliphatic heterocycles. The molecule has 0 unspecified atom stereocenters. The zero-order chi connectivity index (χ0) is 14.1. The van der Waals surface area contributed by atoms with Crippen molar-refractivity contribution in [3.05, 3.63) is 59.1 Å². The molecule has 3 N–H and O–H groups in total. The van der Waals surface area contributed by atoms with Gasteiger partial charge in [0.1, 0.15) is 5.82 Å². The number of anilines is 1.